The van der Waals surface area contributed by atoms with Gasteiger partial charge < -0.3 is 9.72 Å². The number of nitriles is 1. The van der Waals surface area contributed by atoms with Gasteiger partial charge in [-0.2, -0.15) is 18.4 Å². The van der Waals surface area contributed by atoms with E-state index in [0.29, 0.717) is 12.2 Å². The predicted octanol–water partition coefficient (Wildman–Crippen LogP) is 2.94. The number of aromatic nitrogens is 4. The molecule has 0 amide bonds. The summed E-state index contributed by atoms with van der Waals surface area (Å²) < 4.78 is 46.4. The topological polar surface area (TPSA) is 114 Å². The molecule has 0 saturated heterocycles. The van der Waals surface area contributed by atoms with Gasteiger partial charge in [0.25, 0.3) is 11.1 Å². The number of nitrogens with one attached hydrogen (secondary N) is 1. The van der Waals surface area contributed by atoms with E-state index in [4.69, 9.17) is 10.00 Å². The third kappa shape index (κ3) is 4.18. The van der Waals surface area contributed by atoms with Crippen LogP contribution in [-0.2, 0) is 12.7 Å². The van der Waals surface area contributed by atoms with Gasteiger partial charge in [0.1, 0.15) is 17.6 Å². The van der Waals surface area contributed by atoms with Gasteiger partial charge in [0.05, 0.1) is 24.0 Å². The minimum Gasteiger partial charge on any atom is -0.448 e. The third-order valence-corrected chi connectivity index (χ3v) is 4.68. The second-order valence-corrected chi connectivity index (χ2v) is 6.96. The van der Waals surface area contributed by atoms with E-state index in [1.165, 1.54) is 30.5 Å². The van der Waals surface area contributed by atoms with E-state index in [1.54, 1.807) is 6.07 Å². The SMILES string of the molecule is N#Cc1ccccc1Oc1c(C(F)(F)F)ncn(Cc2cnc(C3CC3)[nH]c2=O)c1=O. The fraction of sp³-hybridized carbons (Fsp3) is 0.250. The average molecular weight is 429 g/mol. The second-order valence-electron chi connectivity index (χ2n) is 6.96. The Morgan fingerprint density at radius 3 is 2.61 bits per heavy atom. The predicted molar refractivity (Wildman–Crippen MR) is 101 cm³/mol. The van der Waals surface area contributed by atoms with Crippen LogP contribution in [-0.4, -0.2) is 19.5 Å². The fourth-order valence-electron chi connectivity index (χ4n) is 2.93. The summed E-state index contributed by atoms with van der Waals surface area (Å²) in [5.41, 5.74) is -3.14. The van der Waals surface area contributed by atoms with Crippen LogP contribution >= 0.6 is 0 Å². The zero-order chi connectivity index (χ0) is 22.2. The van der Waals surface area contributed by atoms with Crippen molar-refractivity contribution in [2.24, 2.45) is 0 Å². The lowest BCUT2D eigenvalue weighted by atomic mass is 10.2. The summed E-state index contributed by atoms with van der Waals surface area (Å²) in [6.45, 7) is -0.354. The van der Waals surface area contributed by atoms with Crippen molar-refractivity contribution in [2.45, 2.75) is 31.5 Å². The van der Waals surface area contributed by atoms with Crippen molar-refractivity contribution >= 4 is 0 Å². The normalized spacial score (nSPS) is 13.6. The summed E-state index contributed by atoms with van der Waals surface area (Å²) in [7, 11) is 0. The molecule has 2 heterocycles. The Bertz CT molecular complexity index is 1300. The van der Waals surface area contributed by atoms with E-state index < -0.39 is 28.7 Å². The van der Waals surface area contributed by atoms with Gasteiger partial charge in [-0.3, -0.25) is 14.2 Å². The zero-order valence-corrected chi connectivity index (χ0v) is 15.8. The summed E-state index contributed by atoms with van der Waals surface area (Å²) >= 11 is 0. The third-order valence-electron chi connectivity index (χ3n) is 4.68. The van der Waals surface area contributed by atoms with Gasteiger partial charge in [0.2, 0.25) is 5.75 Å². The zero-order valence-electron chi connectivity index (χ0n) is 15.8. The van der Waals surface area contributed by atoms with Gasteiger partial charge in [-0.05, 0) is 25.0 Å². The maximum Gasteiger partial charge on any atom is 0.437 e. The van der Waals surface area contributed by atoms with Gasteiger partial charge in [-0.15, -0.1) is 0 Å². The van der Waals surface area contributed by atoms with Crippen LogP contribution in [0.5, 0.6) is 11.5 Å². The summed E-state index contributed by atoms with van der Waals surface area (Å²) in [6.07, 6.45) is -1.13. The first-order valence-corrected chi connectivity index (χ1v) is 9.19. The van der Waals surface area contributed by atoms with Crippen molar-refractivity contribution in [3.8, 4) is 17.6 Å². The fourth-order valence-corrected chi connectivity index (χ4v) is 2.93. The highest BCUT2D eigenvalue weighted by atomic mass is 19.4. The highest BCUT2D eigenvalue weighted by Gasteiger charge is 2.39. The molecule has 1 aliphatic carbocycles. The molecule has 1 aromatic carbocycles. The maximum absolute atomic E-state index is 13.4. The molecule has 31 heavy (non-hydrogen) atoms. The van der Waals surface area contributed by atoms with E-state index in [9.17, 15) is 22.8 Å². The number of nitrogens with zero attached hydrogens (tertiary/aromatic N) is 4. The van der Waals surface area contributed by atoms with Crippen molar-refractivity contribution in [2.75, 3.05) is 0 Å². The van der Waals surface area contributed by atoms with Crippen LogP contribution in [0.15, 0.2) is 46.4 Å². The Hall–Kier alpha value is -3.94. The lowest BCUT2D eigenvalue weighted by Crippen LogP contribution is -2.29. The number of H-pyrrole nitrogens is 1. The van der Waals surface area contributed by atoms with Crippen molar-refractivity contribution in [3.05, 3.63) is 80.1 Å². The Morgan fingerprint density at radius 2 is 1.97 bits per heavy atom. The maximum atomic E-state index is 13.4. The molecule has 1 saturated carbocycles. The van der Waals surface area contributed by atoms with Gasteiger partial charge in [-0.25, -0.2) is 9.97 Å². The van der Waals surface area contributed by atoms with Crippen LogP contribution in [0.4, 0.5) is 13.2 Å². The van der Waals surface area contributed by atoms with Gasteiger partial charge in [-0.1, -0.05) is 12.1 Å². The van der Waals surface area contributed by atoms with Crippen molar-refractivity contribution in [1.82, 2.24) is 19.5 Å². The standard InChI is InChI=1S/C20H14F3N5O3/c21-20(22,23)16-15(31-14-4-2-1-3-12(14)7-24)19(30)28(10-26-16)9-13-8-25-17(11-5-6-11)27-18(13)29/h1-4,8,10-11H,5-6,9H2,(H,25,27,29). The minimum atomic E-state index is -4.97. The quantitative estimate of drug-likeness (QED) is 0.667. The van der Waals surface area contributed by atoms with E-state index in [0.717, 1.165) is 17.4 Å². The Morgan fingerprint density at radius 1 is 1.23 bits per heavy atom. The van der Waals surface area contributed by atoms with Crippen molar-refractivity contribution in [3.63, 3.8) is 0 Å². The first-order valence-electron chi connectivity index (χ1n) is 9.19. The van der Waals surface area contributed by atoms with E-state index in [1.807, 2.05) is 0 Å². The number of hydrogen-bond acceptors (Lipinski definition) is 6. The number of hydrogen-bond donors (Lipinski definition) is 1. The smallest absolute Gasteiger partial charge is 0.437 e. The molecule has 0 spiro atoms. The van der Waals surface area contributed by atoms with E-state index >= 15 is 0 Å². The first kappa shape index (κ1) is 20.3. The van der Waals surface area contributed by atoms with Crippen LogP contribution < -0.4 is 15.9 Å². The van der Waals surface area contributed by atoms with Crippen LogP contribution in [0.1, 0.15) is 41.4 Å². The minimum absolute atomic E-state index is 0.0539. The highest BCUT2D eigenvalue weighted by Crippen LogP contribution is 2.37. The number of rotatable bonds is 5. The molecular weight excluding hydrogens is 415 g/mol. The highest BCUT2D eigenvalue weighted by molar-refractivity contribution is 5.45. The number of benzene rings is 1. The van der Waals surface area contributed by atoms with Crippen LogP contribution in [0.2, 0.25) is 0 Å². The molecule has 0 unspecified atom stereocenters. The molecule has 2 aromatic heterocycles. The summed E-state index contributed by atoms with van der Waals surface area (Å²) in [5, 5.41) is 9.14. The van der Waals surface area contributed by atoms with Gasteiger partial charge >= 0.3 is 6.18 Å². The molecule has 3 aromatic rings. The average Bonchev–Trinajstić information content (AvgIpc) is 3.57. The summed E-state index contributed by atoms with van der Waals surface area (Å²) in [5.74, 6) is -0.557. The second kappa shape index (κ2) is 7.71. The molecule has 0 aliphatic heterocycles. The number of halogens is 3. The Balaban J connectivity index is 1.75. The number of ether oxygens (including phenoxy) is 1. The molecule has 0 radical (unpaired) electrons. The van der Waals surface area contributed by atoms with E-state index in [2.05, 4.69) is 15.0 Å². The largest absolute Gasteiger partial charge is 0.448 e. The Labute approximate surface area is 172 Å². The molecular formula is C20H14F3N5O3. The number of para-hydroxylation sites is 1. The molecule has 11 heteroatoms. The van der Waals surface area contributed by atoms with Crippen LogP contribution in [0.3, 0.4) is 0 Å². The molecule has 8 nitrogen and oxygen atoms in total. The molecule has 158 valence electrons. The van der Waals surface area contributed by atoms with Crippen molar-refractivity contribution < 1.29 is 17.9 Å². The molecule has 0 atom stereocenters. The molecule has 1 N–H and O–H groups in total. The van der Waals surface area contributed by atoms with Gasteiger partial charge in [0, 0.05) is 12.1 Å². The monoisotopic (exact) mass is 429 g/mol. The number of aromatic amines is 1. The van der Waals surface area contributed by atoms with Gasteiger partial charge in [0.15, 0.2) is 5.69 Å². The van der Waals surface area contributed by atoms with Crippen molar-refractivity contribution in [1.29, 1.82) is 5.26 Å². The Kier molecular flexibility index (Phi) is 5.06. The summed E-state index contributed by atoms with van der Waals surface area (Å²) in [6, 6.07) is 7.34. The number of alkyl halides is 3. The lowest BCUT2D eigenvalue weighted by molar-refractivity contribution is -0.142. The van der Waals surface area contributed by atoms with Crippen LogP contribution in [0, 0.1) is 11.3 Å². The molecule has 1 aliphatic rings. The summed E-state index contributed by atoms with van der Waals surface area (Å²) in [4.78, 5) is 35.3. The molecule has 0 bridgehead atoms. The van der Waals surface area contributed by atoms with E-state index in [-0.39, 0.29) is 29.3 Å². The molecule has 1 fully saturated rings. The first-order chi connectivity index (χ1) is 14.8. The van der Waals surface area contributed by atoms with Crippen LogP contribution in [0.25, 0.3) is 0 Å². The lowest BCUT2D eigenvalue weighted by Gasteiger charge is -2.15. The molecule has 4 rings (SSSR count).